The second-order valence-electron chi connectivity index (χ2n) is 5.28. The molecule has 0 spiro atoms. The van der Waals surface area contributed by atoms with Crippen LogP contribution < -0.4 is 14.8 Å². The van der Waals surface area contributed by atoms with Crippen molar-refractivity contribution in [2.45, 2.75) is 4.90 Å². The number of amides is 1. The van der Waals surface area contributed by atoms with Crippen LogP contribution in [-0.4, -0.2) is 26.4 Å². The molecule has 1 aromatic heterocycles. The molecule has 27 heavy (non-hydrogen) atoms. The van der Waals surface area contributed by atoms with Crippen LogP contribution in [0.5, 0.6) is 5.75 Å². The van der Waals surface area contributed by atoms with Crippen molar-refractivity contribution in [2.24, 2.45) is 0 Å². The van der Waals surface area contributed by atoms with Crippen molar-refractivity contribution in [3.63, 3.8) is 0 Å². The van der Waals surface area contributed by atoms with Crippen LogP contribution in [0.1, 0.15) is 10.5 Å². The van der Waals surface area contributed by atoms with Gasteiger partial charge < -0.3 is 10.1 Å². The summed E-state index contributed by atoms with van der Waals surface area (Å²) in [7, 11) is -2.33. The van der Waals surface area contributed by atoms with E-state index in [0.717, 1.165) is 11.3 Å². The summed E-state index contributed by atoms with van der Waals surface area (Å²) in [6, 6.07) is 12.6. The van der Waals surface area contributed by atoms with Gasteiger partial charge in [0.1, 0.15) is 11.4 Å². The Morgan fingerprint density at radius 1 is 1.19 bits per heavy atom. The fourth-order valence-corrected chi connectivity index (χ4v) is 4.25. The van der Waals surface area contributed by atoms with Crippen molar-refractivity contribution in [1.82, 2.24) is 4.98 Å². The highest BCUT2D eigenvalue weighted by molar-refractivity contribution is 7.93. The minimum atomic E-state index is -3.82. The lowest BCUT2D eigenvalue weighted by atomic mass is 10.3. The molecule has 7 nitrogen and oxygen atoms in total. The van der Waals surface area contributed by atoms with Crippen LogP contribution in [0, 0.1) is 0 Å². The first-order valence-corrected chi connectivity index (χ1v) is 10.3. The second kappa shape index (κ2) is 7.95. The summed E-state index contributed by atoms with van der Waals surface area (Å²) in [5.41, 5.74) is 0.605. The molecule has 0 radical (unpaired) electrons. The van der Waals surface area contributed by atoms with Gasteiger partial charge in [-0.05, 0) is 42.5 Å². The third-order valence-electron chi connectivity index (χ3n) is 3.41. The van der Waals surface area contributed by atoms with Gasteiger partial charge in [-0.3, -0.25) is 9.52 Å². The van der Waals surface area contributed by atoms with Gasteiger partial charge in [0.15, 0.2) is 5.13 Å². The quantitative estimate of drug-likeness (QED) is 0.627. The van der Waals surface area contributed by atoms with E-state index in [2.05, 4.69) is 15.0 Å². The molecule has 2 N–H and O–H groups in total. The molecule has 0 atom stereocenters. The maximum absolute atomic E-state index is 12.4. The molecule has 0 saturated carbocycles. The zero-order valence-corrected chi connectivity index (χ0v) is 16.4. The fourth-order valence-electron chi connectivity index (χ4n) is 2.12. The van der Waals surface area contributed by atoms with E-state index in [1.807, 2.05) is 0 Å². The molecule has 140 valence electrons. The van der Waals surface area contributed by atoms with Crippen LogP contribution in [0.2, 0.25) is 5.02 Å². The van der Waals surface area contributed by atoms with E-state index in [0.29, 0.717) is 16.5 Å². The SMILES string of the molecule is COc1ccc(S(=O)(=O)Nc2nc(C(=O)Nc3cccc(Cl)c3)cs2)cc1. The topological polar surface area (TPSA) is 97.4 Å². The van der Waals surface area contributed by atoms with E-state index in [1.165, 1.54) is 24.6 Å². The van der Waals surface area contributed by atoms with E-state index in [-0.39, 0.29) is 15.7 Å². The molecule has 0 aliphatic rings. The lowest BCUT2D eigenvalue weighted by molar-refractivity contribution is 0.102. The van der Waals surface area contributed by atoms with Gasteiger partial charge in [-0.25, -0.2) is 13.4 Å². The molecule has 0 bridgehead atoms. The number of thiazole rings is 1. The standard InChI is InChI=1S/C17H14ClN3O4S2/c1-25-13-5-7-14(8-6-13)27(23,24)21-17-20-15(10-26-17)16(22)19-12-4-2-3-11(18)9-12/h2-10H,1H3,(H,19,22)(H,20,21). The van der Waals surface area contributed by atoms with Crippen molar-refractivity contribution < 1.29 is 17.9 Å². The summed E-state index contributed by atoms with van der Waals surface area (Å²) in [4.78, 5) is 16.3. The minimum Gasteiger partial charge on any atom is -0.497 e. The van der Waals surface area contributed by atoms with E-state index >= 15 is 0 Å². The number of rotatable bonds is 6. The van der Waals surface area contributed by atoms with Gasteiger partial charge in [-0.15, -0.1) is 11.3 Å². The molecule has 2 aromatic carbocycles. The highest BCUT2D eigenvalue weighted by Gasteiger charge is 2.18. The van der Waals surface area contributed by atoms with E-state index in [1.54, 1.807) is 36.4 Å². The summed E-state index contributed by atoms with van der Waals surface area (Å²) < 4.78 is 32.2. The largest absolute Gasteiger partial charge is 0.497 e. The number of methoxy groups -OCH3 is 1. The number of halogens is 1. The number of hydrogen-bond donors (Lipinski definition) is 2. The van der Waals surface area contributed by atoms with Crippen LogP contribution in [0.15, 0.2) is 58.8 Å². The average molecular weight is 424 g/mol. The maximum atomic E-state index is 12.4. The summed E-state index contributed by atoms with van der Waals surface area (Å²) in [6.45, 7) is 0. The van der Waals surface area contributed by atoms with Gasteiger partial charge >= 0.3 is 0 Å². The number of benzene rings is 2. The number of sulfonamides is 1. The number of carbonyl (C=O) groups excluding carboxylic acids is 1. The molecule has 10 heteroatoms. The molecule has 0 saturated heterocycles. The molecule has 1 heterocycles. The van der Waals surface area contributed by atoms with Gasteiger partial charge in [0.25, 0.3) is 15.9 Å². The maximum Gasteiger partial charge on any atom is 0.275 e. The normalized spacial score (nSPS) is 11.0. The number of carbonyl (C=O) groups is 1. The number of hydrogen-bond acceptors (Lipinski definition) is 6. The summed E-state index contributed by atoms with van der Waals surface area (Å²) in [6.07, 6.45) is 0. The summed E-state index contributed by atoms with van der Waals surface area (Å²) in [5, 5.41) is 4.68. The Morgan fingerprint density at radius 3 is 2.59 bits per heavy atom. The minimum absolute atomic E-state index is 0.0587. The van der Waals surface area contributed by atoms with Gasteiger partial charge in [-0.2, -0.15) is 0 Å². The van der Waals surface area contributed by atoms with Crippen molar-refractivity contribution in [3.05, 3.63) is 64.6 Å². The van der Waals surface area contributed by atoms with Crippen LogP contribution in [-0.2, 0) is 10.0 Å². The van der Waals surface area contributed by atoms with E-state index in [4.69, 9.17) is 16.3 Å². The highest BCUT2D eigenvalue weighted by Crippen LogP contribution is 2.23. The summed E-state index contributed by atoms with van der Waals surface area (Å²) in [5.74, 6) is 0.0755. The highest BCUT2D eigenvalue weighted by atomic mass is 35.5. The lowest BCUT2D eigenvalue weighted by Gasteiger charge is -2.06. The molecule has 0 fully saturated rings. The second-order valence-corrected chi connectivity index (χ2v) is 8.26. The molecule has 0 unspecified atom stereocenters. The van der Waals surface area contributed by atoms with Gasteiger partial charge in [0.05, 0.1) is 12.0 Å². The van der Waals surface area contributed by atoms with Gasteiger partial charge in [0.2, 0.25) is 0 Å². The third-order valence-corrected chi connectivity index (χ3v) is 5.89. The van der Waals surface area contributed by atoms with Crippen LogP contribution in [0.3, 0.4) is 0 Å². The Bertz CT molecular complexity index is 1070. The Balaban J connectivity index is 1.72. The van der Waals surface area contributed by atoms with Crippen molar-refractivity contribution >= 4 is 49.7 Å². The number of nitrogens with one attached hydrogen (secondary N) is 2. The first-order valence-electron chi connectivity index (χ1n) is 7.57. The Labute approximate surface area is 165 Å². The van der Waals surface area contributed by atoms with Crippen LogP contribution >= 0.6 is 22.9 Å². The number of nitrogens with zero attached hydrogens (tertiary/aromatic N) is 1. The smallest absolute Gasteiger partial charge is 0.275 e. The summed E-state index contributed by atoms with van der Waals surface area (Å²) >= 11 is 6.89. The molecular weight excluding hydrogens is 410 g/mol. The number of ether oxygens (including phenoxy) is 1. The molecule has 3 aromatic rings. The fraction of sp³-hybridized carbons (Fsp3) is 0.0588. The lowest BCUT2D eigenvalue weighted by Crippen LogP contribution is -2.14. The Morgan fingerprint density at radius 2 is 1.93 bits per heavy atom. The van der Waals surface area contributed by atoms with E-state index in [9.17, 15) is 13.2 Å². The van der Waals surface area contributed by atoms with Crippen molar-refractivity contribution in [2.75, 3.05) is 17.1 Å². The molecule has 0 aliphatic carbocycles. The van der Waals surface area contributed by atoms with Crippen molar-refractivity contribution in [3.8, 4) is 5.75 Å². The van der Waals surface area contributed by atoms with Gasteiger partial charge in [0, 0.05) is 16.1 Å². The monoisotopic (exact) mass is 423 g/mol. The Hall–Kier alpha value is -2.62. The average Bonchev–Trinajstić information content (AvgIpc) is 3.10. The Kier molecular flexibility index (Phi) is 5.64. The molecule has 3 rings (SSSR count). The number of anilines is 2. The zero-order valence-electron chi connectivity index (χ0n) is 14.0. The van der Waals surface area contributed by atoms with Crippen LogP contribution in [0.4, 0.5) is 10.8 Å². The van der Waals surface area contributed by atoms with Crippen LogP contribution in [0.25, 0.3) is 0 Å². The first kappa shape index (κ1) is 19.2. The first-order chi connectivity index (χ1) is 12.9. The zero-order chi connectivity index (χ0) is 19.4. The molecule has 0 aliphatic heterocycles. The predicted octanol–water partition coefficient (Wildman–Crippen LogP) is 3.86. The molecule has 1 amide bonds. The van der Waals surface area contributed by atoms with Gasteiger partial charge in [-0.1, -0.05) is 17.7 Å². The van der Waals surface area contributed by atoms with E-state index < -0.39 is 15.9 Å². The number of aromatic nitrogens is 1. The predicted molar refractivity (Wildman–Crippen MR) is 105 cm³/mol. The van der Waals surface area contributed by atoms with Crippen molar-refractivity contribution in [1.29, 1.82) is 0 Å². The molecular formula is C17H14ClN3O4S2. The third kappa shape index (κ3) is 4.76.